The van der Waals surface area contributed by atoms with Crippen molar-refractivity contribution < 1.29 is 14.0 Å². The molecule has 0 spiro atoms. The summed E-state index contributed by atoms with van der Waals surface area (Å²) in [5.41, 5.74) is 1.93. The number of aromatic nitrogens is 1. The van der Waals surface area contributed by atoms with E-state index >= 15 is 0 Å². The normalized spacial score (nSPS) is 17.9. The van der Waals surface area contributed by atoms with E-state index < -0.39 is 0 Å². The summed E-state index contributed by atoms with van der Waals surface area (Å²) in [6.45, 7) is 3.23. The highest BCUT2D eigenvalue weighted by atomic mass is 32.1. The first-order chi connectivity index (χ1) is 11.6. The van der Waals surface area contributed by atoms with E-state index in [4.69, 9.17) is 16.6 Å². The molecule has 24 heavy (non-hydrogen) atoms. The molecule has 0 unspecified atom stereocenters. The van der Waals surface area contributed by atoms with Crippen LogP contribution in [0, 0.1) is 4.84 Å². The van der Waals surface area contributed by atoms with E-state index in [-0.39, 0.29) is 17.9 Å². The van der Waals surface area contributed by atoms with E-state index in [0.29, 0.717) is 35.5 Å². The van der Waals surface area contributed by atoms with Crippen molar-refractivity contribution in [3.63, 3.8) is 0 Å². The quantitative estimate of drug-likeness (QED) is 0.834. The van der Waals surface area contributed by atoms with Gasteiger partial charge in [-0.2, -0.15) is 0 Å². The Labute approximate surface area is 145 Å². The molecule has 2 N–H and O–H groups in total. The number of aromatic amines is 1. The van der Waals surface area contributed by atoms with Gasteiger partial charge >= 0.3 is 0 Å². The van der Waals surface area contributed by atoms with Crippen LogP contribution in [0.4, 0.5) is 0 Å². The van der Waals surface area contributed by atoms with Crippen LogP contribution >= 0.6 is 12.2 Å². The molecule has 2 heterocycles. The van der Waals surface area contributed by atoms with Crippen LogP contribution in [0.2, 0.25) is 0 Å². The molecule has 7 heteroatoms. The van der Waals surface area contributed by atoms with Crippen molar-refractivity contribution in [1.29, 1.82) is 0 Å². The number of hydrogen-bond acceptors (Lipinski definition) is 4. The zero-order valence-electron chi connectivity index (χ0n) is 13.6. The van der Waals surface area contributed by atoms with E-state index in [1.165, 1.54) is 0 Å². The molecule has 2 aromatic rings. The number of piperidine rings is 1. The van der Waals surface area contributed by atoms with Gasteiger partial charge in [0.05, 0.1) is 5.52 Å². The van der Waals surface area contributed by atoms with E-state index in [1.807, 2.05) is 6.92 Å². The highest BCUT2D eigenvalue weighted by Crippen LogP contribution is 2.19. The van der Waals surface area contributed by atoms with E-state index in [1.54, 1.807) is 23.1 Å². The average molecular weight is 347 g/mol. The third kappa shape index (κ3) is 3.67. The van der Waals surface area contributed by atoms with Crippen molar-refractivity contribution in [3.8, 4) is 0 Å². The molecule has 1 atom stereocenters. The summed E-state index contributed by atoms with van der Waals surface area (Å²) in [5, 5.41) is 3.02. The first-order valence-electron chi connectivity index (χ1n) is 8.28. The lowest BCUT2D eigenvalue weighted by Gasteiger charge is -2.33. The Morgan fingerprint density at radius 3 is 3.08 bits per heavy atom. The molecular formula is C17H21N3O3S. The second kappa shape index (κ2) is 7.17. The summed E-state index contributed by atoms with van der Waals surface area (Å²) >= 11 is 4.97. The van der Waals surface area contributed by atoms with Gasteiger partial charge in [-0.1, -0.05) is 6.92 Å². The van der Waals surface area contributed by atoms with Crippen LogP contribution in [-0.4, -0.2) is 40.8 Å². The molecular weight excluding hydrogens is 326 g/mol. The Kier molecular flexibility index (Phi) is 4.99. The molecule has 0 bridgehead atoms. The summed E-state index contributed by atoms with van der Waals surface area (Å²) in [4.78, 5) is 29.5. The van der Waals surface area contributed by atoms with Crippen molar-refractivity contribution in [2.45, 2.75) is 38.6 Å². The van der Waals surface area contributed by atoms with Crippen LogP contribution in [0.25, 0.3) is 11.1 Å². The maximum Gasteiger partial charge on any atom is 0.266 e. The Morgan fingerprint density at radius 1 is 1.46 bits per heavy atom. The van der Waals surface area contributed by atoms with Gasteiger partial charge in [0, 0.05) is 31.1 Å². The first kappa shape index (κ1) is 16.7. The second-order valence-electron chi connectivity index (χ2n) is 6.13. The largest absolute Gasteiger partial charge is 0.429 e. The van der Waals surface area contributed by atoms with Crippen molar-refractivity contribution in [2.75, 3.05) is 13.1 Å². The predicted molar refractivity (Wildman–Crippen MR) is 93.4 cm³/mol. The van der Waals surface area contributed by atoms with Crippen molar-refractivity contribution in [3.05, 3.63) is 28.6 Å². The Bertz CT molecular complexity index is 811. The van der Waals surface area contributed by atoms with Crippen molar-refractivity contribution in [2.24, 2.45) is 0 Å². The lowest BCUT2D eigenvalue weighted by Crippen LogP contribution is -2.49. The number of rotatable bonds is 4. The zero-order valence-corrected chi connectivity index (χ0v) is 14.4. The number of nitrogens with zero attached hydrogens (tertiary/aromatic N) is 1. The number of fused-ring (bicyclic) bond motifs is 1. The maximum absolute atomic E-state index is 12.7. The summed E-state index contributed by atoms with van der Waals surface area (Å²) in [6.07, 6.45) is 3.15. The smallest absolute Gasteiger partial charge is 0.266 e. The summed E-state index contributed by atoms with van der Waals surface area (Å²) in [5.74, 6) is 0.0102. The fraction of sp³-hybridized carbons (Fsp3) is 0.471. The van der Waals surface area contributed by atoms with Crippen LogP contribution in [0.1, 0.15) is 43.0 Å². The molecule has 2 amide bonds. The number of carbonyl (C=O) groups is 2. The van der Waals surface area contributed by atoms with Gasteiger partial charge in [-0.05, 0) is 49.7 Å². The number of likely N-dealkylation sites (tertiary alicyclic amines) is 1. The number of carbonyl (C=O) groups excluding carboxylic acids is 2. The Hall–Kier alpha value is -2.15. The van der Waals surface area contributed by atoms with Crippen molar-refractivity contribution >= 4 is 35.1 Å². The van der Waals surface area contributed by atoms with Gasteiger partial charge in [0.15, 0.2) is 5.58 Å². The summed E-state index contributed by atoms with van der Waals surface area (Å²) in [6, 6.07) is 5.31. The molecule has 1 fully saturated rings. The molecule has 128 valence electrons. The van der Waals surface area contributed by atoms with Gasteiger partial charge in [-0.15, -0.1) is 0 Å². The van der Waals surface area contributed by atoms with Gasteiger partial charge in [-0.3, -0.25) is 9.59 Å². The monoisotopic (exact) mass is 347 g/mol. The third-order valence-electron chi connectivity index (χ3n) is 4.22. The third-order valence-corrected chi connectivity index (χ3v) is 4.40. The SMILES string of the molecule is CCCC(=O)N[C@@H]1CCCN(C(=O)c2ccc3[nH]c(=S)oc3c2)C1. The van der Waals surface area contributed by atoms with Gasteiger partial charge in [0.1, 0.15) is 0 Å². The summed E-state index contributed by atoms with van der Waals surface area (Å²) in [7, 11) is 0. The molecule has 3 rings (SSSR count). The fourth-order valence-electron chi connectivity index (χ4n) is 3.07. The number of oxazole rings is 1. The molecule has 0 radical (unpaired) electrons. The molecule has 0 aliphatic carbocycles. The average Bonchev–Trinajstić information content (AvgIpc) is 2.93. The molecule has 6 nitrogen and oxygen atoms in total. The lowest BCUT2D eigenvalue weighted by atomic mass is 10.0. The Balaban J connectivity index is 1.70. The fourth-order valence-corrected chi connectivity index (χ4v) is 3.27. The highest BCUT2D eigenvalue weighted by molar-refractivity contribution is 7.71. The zero-order chi connectivity index (χ0) is 17.1. The summed E-state index contributed by atoms with van der Waals surface area (Å²) < 4.78 is 5.38. The van der Waals surface area contributed by atoms with E-state index in [2.05, 4.69) is 10.3 Å². The van der Waals surface area contributed by atoms with Gasteiger partial charge in [-0.25, -0.2) is 0 Å². The van der Waals surface area contributed by atoms with Crippen LogP contribution in [0.15, 0.2) is 22.6 Å². The molecule has 0 saturated carbocycles. The minimum absolute atomic E-state index is 0.0293. The standard InChI is InChI=1S/C17H21N3O3S/c1-2-4-15(21)18-12-5-3-8-20(10-12)16(22)11-6-7-13-14(9-11)23-17(24)19-13/h6-7,9,12H,2-5,8,10H2,1H3,(H,18,21)(H,19,24)/t12-/m1/s1. The Morgan fingerprint density at radius 2 is 2.29 bits per heavy atom. The second-order valence-corrected chi connectivity index (χ2v) is 6.50. The van der Waals surface area contributed by atoms with E-state index in [0.717, 1.165) is 24.8 Å². The topological polar surface area (TPSA) is 78.3 Å². The van der Waals surface area contributed by atoms with Crippen LogP contribution in [-0.2, 0) is 4.79 Å². The maximum atomic E-state index is 12.7. The number of nitrogens with one attached hydrogen (secondary N) is 2. The molecule has 1 aromatic heterocycles. The lowest BCUT2D eigenvalue weighted by molar-refractivity contribution is -0.122. The van der Waals surface area contributed by atoms with E-state index in [9.17, 15) is 9.59 Å². The first-order valence-corrected chi connectivity index (χ1v) is 8.69. The van der Waals surface area contributed by atoms with Crippen LogP contribution < -0.4 is 5.32 Å². The minimum Gasteiger partial charge on any atom is -0.429 e. The molecule has 1 aliphatic rings. The number of H-pyrrole nitrogens is 1. The molecule has 1 saturated heterocycles. The molecule has 1 aliphatic heterocycles. The van der Waals surface area contributed by atoms with Gasteiger partial charge < -0.3 is 19.6 Å². The van der Waals surface area contributed by atoms with Gasteiger partial charge in [0.2, 0.25) is 5.91 Å². The number of amides is 2. The van der Waals surface area contributed by atoms with Crippen molar-refractivity contribution in [1.82, 2.24) is 15.2 Å². The van der Waals surface area contributed by atoms with Crippen LogP contribution in [0.5, 0.6) is 0 Å². The number of hydrogen-bond donors (Lipinski definition) is 2. The van der Waals surface area contributed by atoms with Crippen LogP contribution in [0.3, 0.4) is 0 Å². The van der Waals surface area contributed by atoms with Gasteiger partial charge in [0.25, 0.3) is 10.7 Å². The predicted octanol–water partition coefficient (Wildman–Crippen LogP) is 3.01. The minimum atomic E-state index is -0.0475. The highest BCUT2D eigenvalue weighted by Gasteiger charge is 2.25. The number of benzene rings is 1. The molecule has 1 aromatic carbocycles.